The molecule has 2 aromatic carbocycles. The van der Waals surface area contributed by atoms with Gasteiger partial charge in [0.15, 0.2) is 0 Å². The maximum Gasteiger partial charge on any atom is 0.409 e. The zero-order valence-corrected chi connectivity index (χ0v) is 15.2. The van der Waals surface area contributed by atoms with Crippen LogP contribution in [-0.2, 0) is 17.7 Å². The molecule has 0 fully saturated rings. The second-order valence-electron chi connectivity index (χ2n) is 6.17. The van der Waals surface area contributed by atoms with Crippen LogP contribution in [0.15, 0.2) is 48.5 Å². The third-order valence-corrected chi connectivity index (χ3v) is 4.31. The lowest BCUT2D eigenvalue weighted by molar-refractivity contribution is 0.118. The van der Waals surface area contributed by atoms with Crippen LogP contribution in [0.4, 0.5) is 15.3 Å². The summed E-state index contributed by atoms with van der Waals surface area (Å²) in [5.41, 5.74) is 2.87. The minimum atomic E-state index is -0.338. The Morgan fingerprint density at radius 1 is 1.11 bits per heavy atom. The molecule has 0 aromatic heterocycles. The Kier molecular flexibility index (Phi) is 6.14. The minimum absolute atomic E-state index is 0.299. The molecule has 0 aliphatic carbocycles. The molecule has 142 valence electrons. The molecule has 0 bridgehead atoms. The molecule has 27 heavy (non-hydrogen) atoms. The minimum Gasteiger partial charge on any atom is -0.492 e. The van der Waals surface area contributed by atoms with E-state index in [2.05, 4.69) is 10.6 Å². The highest BCUT2D eigenvalue weighted by Crippen LogP contribution is 2.23. The van der Waals surface area contributed by atoms with Crippen LogP contribution >= 0.6 is 0 Å². The maximum atomic E-state index is 12.0. The molecule has 3 rings (SSSR count). The van der Waals surface area contributed by atoms with E-state index < -0.39 is 0 Å². The Morgan fingerprint density at radius 3 is 2.70 bits per heavy atom. The normalized spacial score (nSPS) is 12.7. The predicted octanol–water partition coefficient (Wildman–Crippen LogP) is 3.01. The third-order valence-electron chi connectivity index (χ3n) is 4.31. The quantitative estimate of drug-likeness (QED) is 0.794. The van der Waals surface area contributed by atoms with Crippen molar-refractivity contribution in [2.45, 2.75) is 13.0 Å². The summed E-state index contributed by atoms with van der Waals surface area (Å²) in [7, 11) is 1.38. The van der Waals surface area contributed by atoms with E-state index >= 15 is 0 Å². The summed E-state index contributed by atoms with van der Waals surface area (Å²) in [5.74, 6) is 0.768. The summed E-state index contributed by atoms with van der Waals surface area (Å²) < 4.78 is 10.3. The number of benzene rings is 2. The number of methoxy groups -OCH3 is 1. The van der Waals surface area contributed by atoms with E-state index in [9.17, 15) is 9.59 Å². The van der Waals surface area contributed by atoms with Crippen LogP contribution in [-0.4, -0.2) is 43.8 Å². The molecular weight excluding hydrogens is 346 g/mol. The number of carbonyl (C=O) groups is 2. The fourth-order valence-corrected chi connectivity index (χ4v) is 2.95. The van der Waals surface area contributed by atoms with E-state index in [1.54, 1.807) is 4.90 Å². The number of ether oxygens (including phenoxy) is 2. The summed E-state index contributed by atoms with van der Waals surface area (Å²) in [6, 6.07) is 14.9. The highest BCUT2D eigenvalue weighted by molar-refractivity contribution is 5.89. The van der Waals surface area contributed by atoms with E-state index in [1.165, 1.54) is 12.7 Å². The van der Waals surface area contributed by atoms with Crippen molar-refractivity contribution >= 4 is 17.8 Å². The topological polar surface area (TPSA) is 79.9 Å². The van der Waals surface area contributed by atoms with Crippen LogP contribution < -0.4 is 15.4 Å². The molecule has 7 nitrogen and oxygen atoms in total. The van der Waals surface area contributed by atoms with Gasteiger partial charge in [-0.1, -0.05) is 24.3 Å². The van der Waals surface area contributed by atoms with Crippen LogP contribution in [0.1, 0.15) is 11.1 Å². The molecule has 0 saturated carbocycles. The second-order valence-corrected chi connectivity index (χ2v) is 6.17. The van der Waals surface area contributed by atoms with Gasteiger partial charge >= 0.3 is 12.1 Å². The summed E-state index contributed by atoms with van der Waals surface area (Å²) >= 11 is 0. The van der Waals surface area contributed by atoms with Crippen molar-refractivity contribution in [1.82, 2.24) is 10.2 Å². The van der Waals surface area contributed by atoms with E-state index in [0.29, 0.717) is 31.9 Å². The van der Waals surface area contributed by atoms with Crippen LogP contribution in [0.5, 0.6) is 5.75 Å². The maximum absolute atomic E-state index is 12.0. The fraction of sp³-hybridized carbons (Fsp3) is 0.300. The van der Waals surface area contributed by atoms with Crippen molar-refractivity contribution in [1.29, 1.82) is 0 Å². The largest absolute Gasteiger partial charge is 0.492 e. The number of para-hydroxylation sites is 1. The van der Waals surface area contributed by atoms with E-state index in [4.69, 9.17) is 9.47 Å². The molecule has 2 aromatic rings. The Hall–Kier alpha value is -3.22. The Balaban J connectivity index is 1.47. The summed E-state index contributed by atoms with van der Waals surface area (Å²) in [6.45, 7) is 1.88. The van der Waals surface area contributed by atoms with Crippen molar-refractivity contribution in [3.05, 3.63) is 59.7 Å². The lowest BCUT2D eigenvalue weighted by Crippen LogP contribution is -2.36. The lowest BCUT2D eigenvalue weighted by atomic mass is 9.99. The number of rotatable bonds is 5. The predicted molar refractivity (Wildman–Crippen MR) is 102 cm³/mol. The Bertz CT molecular complexity index is 795. The molecule has 1 aliphatic heterocycles. The first kappa shape index (κ1) is 18.6. The molecule has 0 spiro atoms. The monoisotopic (exact) mass is 369 g/mol. The Labute approximate surface area is 158 Å². The average Bonchev–Trinajstić information content (AvgIpc) is 2.71. The van der Waals surface area contributed by atoms with Crippen LogP contribution in [0.25, 0.3) is 0 Å². The first-order valence-electron chi connectivity index (χ1n) is 8.83. The van der Waals surface area contributed by atoms with Gasteiger partial charge in [0.25, 0.3) is 0 Å². The summed E-state index contributed by atoms with van der Waals surface area (Å²) in [4.78, 5) is 25.4. The molecule has 1 aliphatic rings. The number of nitrogens with one attached hydrogen (secondary N) is 2. The fourth-order valence-electron chi connectivity index (χ4n) is 2.95. The highest BCUT2D eigenvalue weighted by atomic mass is 16.5. The second kappa shape index (κ2) is 8.93. The van der Waals surface area contributed by atoms with E-state index in [-0.39, 0.29) is 12.1 Å². The molecule has 0 saturated heterocycles. The zero-order valence-electron chi connectivity index (χ0n) is 15.2. The average molecular weight is 369 g/mol. The van der Waals surface area contributed by atoms with Gasteiger partial charge in [-0.05, 0) is 41.8 Å². The molecule has 0 unspecified atom stereocenters. The van der Waals surface area contributed by atoms with E-state index in [0.717, 1.165) is 17.7 Å². The SMILES string of the molecule is COC(=O)N1CCc2ccc(NC(=O)NCCOc3ccccc3)cc2C1. The summed E-state index contributed by atoms with van der Waals surface area (Å²) in [5, 5.41) is 5.57. The number of nitrogens with zero attached hydrogens (tertiary/aromatic N) is 1. The van der Waals surface area contributed by atoms with Crippen molar-refractivity contribution in [2.24, 2.45) is 0 Å². The number of hydrogen-bond donors (Lipinski definition) is 2. The van der Waals surface area contributed by atoms with Gasteiger partial charge in [0.1, 0.15) is 12.4 Å². The van der Waals surface area contributed by atoms with Gasteiger partial charge in [-0.25, -0.2) is 9.59 Å². The smallest absolute Gasteiger partial charge is 0.409 e. The van der Waals surface area contributed by atoms with Gasteiger partial charge in [0, 0.05) is 18.8 Å². The van der Waals surface area contributed by atoms with Gasteiger partial charge in [-0.3, -0.25) is 0 Å². The summed E-state index contributed by atoms with van der Waals surface area (Å²) in [6.07, 6.45) is 0.434. The number of anilines is 1. The zero-order chi connectivity index (χ0) is 19.1. The molecular formula is C20H23N3O4. The van der Waals surface area contributed by atoms with Gasteiger partial charge in [-0.2, -0.15) is 0 Å². The van der Waals surface area contributed by atoms with Crippen LogP contribution in [0, 0.1) is 0 Å². The van der Waals surface area contributed by atoms with Crippen molar-refractivity contribution in [3.63, 3.8) is 0 Å². The van der Waals surface area contributed by atoms with Crippen LogP contribution in [0.3, 0.4) is 0 Å². The number of carbonyl (C=O) groups excluding carboxylic acids is 2. The molecule has 0 radical (unpaired) electrons. The number of hydrogen-bond acceptors (Lipinski definition) is 4. The van der Waals surface area contributed by atoms with Crippen molar-refractivity contribution in [2.75, 3.05) is 32.1 Å². The first-order chi connectivity index (χ1) is 13.2. The highest BCUT2D eigenvalue weighted by Gasteiger charge is 2.21. The Morgan fingerprint density at radius 2 is 1.93 bits per heavy atom. The van der Waals surface area contributed by atoms with Crippen LogP contribution in [0.2, 0.25) is 0 Å². The van der Waals surface area contributed by atoms with Gasteiger partial charge in [0.05, 0.1) is 13.7 Å². The third kappa shape index (κ3) is 5.13. The lowest BCUT2D eigenvalue weighted by Gasteiger charge is -2.28. The molecule has 2 N–H and O–H groups in total. The van der Waals surface area contributed by atoms with Crippen molar-refractivity contribution in [3.8, 4) is 5.75 Å². The number of fused-ring (bicyclic) bond motifs is 1. The van der Waals surface area contributed by atoms with Crippen molar-refractivity contribution < 1.29 is 19.1 Å². The van der Waals surface area contributed by atoms with Gasteiger partial charge < -0.3 is 25.0 Å². The van der Waals surface area contributed by atoms with E-state index in [1.807, 2.05) is 48.5 Å². The molecule has 1 heterocycles. The first-order valence-corrected chi connectivity index (χ1v) is 8.83. The van der Waals surface area contributed by atoms with Gasteiger partial charge in [0.2, 0.25) is 0 Å². The number of amides is 3. The molecule has 0 atom stereocenters. The van der Waals surface area contributed by atoms with Gasteiger partial charge in [-0.15, -0.1) is 0 Å². The standard InChI is InChI=1S/C20H23N3O4/c1-26-20(25)23-11-9-15-7-8-17(13-16(15)14-23)22-19(24)21-10-12-27-18-5-3-2-4-6-18/h2-8,13H,9-12,14H2,1H3,(H2,21,22,24). The number of urea groups is 1. The molecule has 7 heteroatoms. The molecule has 3 amide bonds.